The summed E-state index contributed by atoms with van der Waals surface area (Å²) in [7, 11) is -6.74. The zero-order valence-electron chi connectivity index (χ0n) is 23.3. The summed E-state index contributed by atoms with van der Waals surface area (Å²) < 4.78 is 66.1. The molecular weight excluding hydrogens is 605 g/mol. The van der Waals surface area contributed by atoms with Crippen molar-refractivity contribution in [2.24, 2.45) is 5.92 Å². The Kier molecular flexibility index (Phi) is 12.1. The lowest BCUT2D eigenvalue weighted by Gasteiger charge is -2.25. The molecule has 43 heavy (non-hydrogen) atoms. The van der Waals surface area contributed by atoms with Gasteiger partial charge in [-0.2, -0.15) is 8.42 Å². The molecule has 2 atom stereocenters. The van der Waals surface area contributed by atoms with Crippen molar-refractivity contribution in [2.45, 2.75) is 30.6 Å². The Morgan fingerprint density at radius 3 is 1.74 bits per heavy atom. The molecule has 15 heteroatoms. The summed E-state index contributed by atoms with van der Waals surface area (Å²) in [5.74, 6) is -3.49. The molecule has 0 heterocycles. The van der Waals surface area contributed by atoms with Crippen molar-refractivity contribution in [1.29, 1.82) is 0 Å². The average molecular weight is 636 g/mol. The Morgan fingerprint density at radius 1 is 0.814 bits per heavy atom. The molecule has 0 aliphatic rings. The van der Waals surface area contributed by atoms with Crippen molar-refractivity contribution < 1.29 is 50.2 Å². The van der Waals surface area contributed by atoms with Gasteiger partial charge in [0, 0.05) is 12.1 Å². The van der Waals surface area contributed by atoms with Crippen molar-refractivity contribution in [3.63, 3.8) is 0 Å². The van der Waals surface area contributed by atoms with Crippen molar-refractivity contribution in [1.82, 2.24) is 0 Å². The monoisotopic (exact) mass is 635 g/mol. The van der Waals surface area contributed by atoms with E-state index in [1.54, 1.807) is 60.7 Å². The van der Waals surface area contributed by atoms with Crippen LogP contribution in [0.1, 0.15) is 17.5 Å². The van der Waals surface area contributed by atoms with Gasteiger partial charge in [-0.1, -0.05) is 60.7 Å². The number of rotatable bonds is 16. The molecule has 0 radical (unpaired) electrons. The van der Waals surface area contributed by atoms with Gasteiger partial charge in [-0.05, 0) is 29.7 Å². The summed E-state index contributed by atoms with van der Waals surface area (Å²) in [6.45, 7) is -0.265. The van der Waals surface area contributed by atoms with Crippen LogP contribution in [0.3, 0.4) is 0 Å². The quantitative estimate of drug-likeness (QED) is 0.0702. The van der Waals surface area contributed by atoms with E-state index in [-0.39, 0.29) is 18.9 Å². The maximum Gasteiger partial charge on any atom is 0.336 e. The fourth-order valence-electron chi connectivity index (χ4n) is 3.83. The molecule has 0 N–H and O–H groups in total. The highest BCUT2D eigenvalue weighted by Crippen LogP contribution is 2.52. The zero-order chi connectivity index (χ0) is 31.5. The number of esters is 2. The first-order valence-electron chi connectivity index (χ1n) is 12.8. The van der Waals surface area contributed by atoms with E-state index in [0.29, 0.717) is 11.1 Å². The minimum absolute atomic E-state index is 0.133. The highest BCUT2D eigenvalue weighted by atomic mass is 32.2. The largest absolute Gasteiger partial charge is 0.469 e. The van der Waals surface area contributed by atoms with Gasteiger partial charge in [-0.3, -0.25) is 23.7 Å². The minimum Gasteiger partial charge on any atom is -0.469 e. The molecule has 2 unspecified atom stereocenters. The Morgan fingerprint density at radius 2 is 1.30 bits per heavy atom. The van der Waals surface area contributed by atoms with E-state index >= 15 is 0 Å². The third kappa shape index (κ3) is 10.1. The normalized spacial score (nSPS) is 13.1. The molecule has 3 aromatic rings. The number of hydrogen-bond donors (Lipinski definition) is 0. The molecular formula is C28H30NO12PS. The van der Waals surface area contributed by atoms with Crippen molar-refractivity contribution >= 4 is 35.3 Å². The minimum atomic E-state index is -4.68. The summed E-state index contributed by atoms with van der Waals surface area (Å²) in [6, 6.07) is 21.3. The van der Waals surface area contributed by atoms with Crippen LogP contribution in [0.2, 0.25) is 0 Å². The van der Waals surface area contributed by atoms with Crippen LogP contribution in [-0.4, -0.2) is 51.8 Å². The van der Waals surface area contributed by atoms with Crippen molar-refractivity contribution in [3.8, 4) is 0 Å². The van der Waals surface area contributed by atoms with Gasteiger partial charge < -0.3 is 18.5 Å². The first-order chi connectivity index (χ1) is 20.5. The summed E-state index contributed by atoms with van der Waals surface area (Å²) >= 11 is 0. The molecule has 3 aromatic carbocycles. The van der Waals surface area contributed by atoms with Crippen LogP contribution < -0.4 is 0 Å². The summed E-state index contributed by atoms with van der Waals surface area (Å²) in [5, 5.41) is 10.9. The molecule has 0 aliphatic carbocycles. The standard InChI is InChI=1S/C28H30NO12PS/c1-37-27(30)23(17-26(28(31)38-2)41-43(35,36)25-15-13-24(14-16-25)29(32)33)20-42(34,39-18-21-9-5-3-6-10-21)40-19-22-11-7-4-8-12-22/h3-16,23,26H,17-20H2,1-2H3. The lowest BCUT2D eigenvalue weighted by molar-refractivity contribution is -0.384. The van der Waals surface area contributed by atoms with Gasteiger partial charge in [0.2, 0.25) is 0 Å². The molecule has 0 saturated heterocycles. The summed E-state index contributed by atoms with van der Waals surface area (Å²) in [6.07, 6.45) is -3.11. The van der Waals surface area contributed by atoms with Gasteiger partial charge in [0.25, 0.3) is 15.8 Å². The second kappa shape index (κ2) is 15.5. The lowest BCUT2D eigenvalue weighted by atomic mass is 10.0. The number of nitrogens with zero attached hydrogens (tertiary/aromatic N) is 1. The maximum absolute atomic E-state index is 14.0. The van der Waals surface area contributed by atoms with Gasteiger partial charge in [0.15, 0.2) is 6.10 Å². The number of nitro groups is 1. The predicted octanol–water partition coefficient (Wildman–Crippen LogP) is 4.65. The topological polar surface area (TPSA) is 175 Å². The smallest absolute Gasteiger partial charge is 0.336 e. The van der Waals surface area contributed by atoms with Gasteiger partial charge >= 0.3 is 19.5 Å². The molecule has 0 bridgehead atoms. The number of carbonyl (C=O) groups is 2. The lowest BCUT2D eigenvalue weighted by Crippen LogP contribution is -2.34. The van der Waals surface area contributed by atoms with Gasteiger partial charge in [0.05, 0.1) is 49.3 Å². The molecule has 0 aliphatic heterocycles. The number of carbonyl (C=O) groups excluding carboxylic acids is 2. The van der Waals surface area contributed by atoms with E-state index in [1.165, 1.54) is 0 Å². The van der Waals surface area contributed by atoms with Crippen LogP contribution >= 0.6 is 7.60 Å². The molecule has 0 amide bonds. The van der Waals surface area contributed by atoms with Crippen LogP contribution in [-0.2, 0) is 60.2 Å². The fourth-order valence-corrected chi connectivity index (χ4v) is 6.68. The Bertz CT molecular complexity index is 1490. The summed E-state index contributed by atoms with van der Waals surface area (Å²) in [4.78, 5) is 35.2. The van der Waals surface area contributed by atoms with Crippen LogP contribution in [0.4, 0.5) is 5.69 Å². The average Bonchev–Trinajstić information content (AvgIpc) is 3.02. The molecule has 0 aromatic heterocycles. The van der Waals surface area contributed by atoms with E-state index in [1.807, 2.05) is 0 Å². The molecule has 230 valence electrons. The second-order valence-electron chi connectivity index (χ2n) is 9.08. The number of nitro benzene ring substituents is 1. The molecule has 3 rings (SSSR count). The second-order valence-corrected chi connectivity index (χ2v) is 12.8. The van der Waals surface area contributed by atoms with E-state index in [9.17, 15) is 32.7 Å². The first-order valence-corrected chi connectivity index (χ1v) is 15.9. The van der Waals surface area contributed by atoms with Gasteiger partial charge in [0.1, 0.15) is 0 Å². The van der Waals surface area contributed by atoms with Crippen molar-refractivity contribution in [3.05, 3.63) is 106 Å². The third-order valence-electron chi connectivity index (χ3n) is 6.06. The highest BCUT2D eigenvalue weighted by molar-refractivity contribution is 7.86. The number of benzene rings is 3. The zero-order valence-corrected chi connectivity index (χ0v) is 25.0. The van der Waals surface area contributed by atoms with E-state index in [4.69, 9.17) is 22.7 Å². The molecule has 0 saturated carbocycles. The summed E-state index contributed by atoms with van der Waals surface area (Å²) in [5.41, 5.74) is 0.979. The molecule has 0 spiro atoms. The van der Waals surface area contributed by atoms with Gasteiger partial charge in [-0.15, -0.1) is 0 Å². The first kappa shape index (κ1) is 33.6. The van der Waals surface area contributed by atoms with E-state index in [2.05, 4.69) is 0 Å². The van der Waals surface area contributed by atoms with Crippen molar-refractivity contribution in [2.75, 3.05) is 20.4 Å². The fraction of sp³-hybridized carbons (Fsp3) is 0.286. The van der Waals surface area contributed by atoms with E-state index < -0.39 is 64.1 Å². The maximum atomic E-state index is 14.0. The SMILES string of the molecule is COC(=O)C(CC(OS(=O)(=O)c1ccc([N+](=O)[O-])cc1)C(=O)OC)CP(=O)(OCc1ccccc1)OCc1ccccc1. The van der Waals surface area contributed by atoms with Crippen LogP contribution in [0, 0.1) is 16.0 Å². The van der Waals surface area contributed by atoms with Crippen LogP contribution in [0.5, 0.6) is 0 Å². The molecule has 0 fully saturated rings. The number of hydrogen-bond acceptors (Lipinski definition) is 12. The Hall–Kier alpha value is -3.94. The molecule has 13 nitrogen and oxygen atoms in total. The predicted molar refractivity (Wildman–Crippen MR) is 152 cm³/mol. The highest BCUT2D eigenvalue weighted by Gasteiger charge is 2.39. The van der Waals surface area contributed by atoms with Crippen LogP contribution in [0.15, 0.2) is 89.8 Å². The van der Waals surface area contributed by atoms with Crippen LogP contribution in [0.25, 0.3) is 0 Å². The Balaban J connectivity index is 1.87. The number of ether oxygens (including phenoxy) is 2. The Labute approximate surface area is 248 Å². The number of methoxy groups -OCH3 is 2. The third-order valence-corrected chi connectivity index (χ3v) is 9.33. The number of non-ortho nitro benzene ring substituents is 1. The van der Waals surface area contributed by atoms with Gasteiger partial charge in [-0.25, -0.2) is 4.79 Å². The van der Waals surface area contributed by atoms with E-state index in [0.717, 1.165) is 38.5 Å².